The van der Waals surface area contributed by atoms with Gasteiger partial charge in [0.25, 0.3) is 0 Å². The lowest BCUT2D eigenvalue weighted by Gasteiger charge is -2.35. The highest BCUT2D eigenvalue weighted by molar-refractivity contribution is 5.74. The van der Waals surface area contributed by atoms with Crippen LogP contribution < -0.4 is 9.64 Å². The Morgan fingerprint density at radius 2 is 1.89 bits per heavy atom. The first-order chi connectivity index (χ1) is 17.4. The maximum Gasteiger partial charge on any atom is 0.219 e. The summed E-state index contributed by atoms with van der Waals surface area (Å²) in [4.78, 5) is 34.9. The fourth-order valence-electron chi connectivity index (χ4n) is 4.61. The van der Waals surface area contributed by atoms with Gasteiger partial charge in [0.15, 0.2) is 17.4 Å². The van der Waals surface area contributed by atoms with E-state index in [0.29, 0.717) is 56.8 Å². The number of aryl methyl sites for hydroxylation is 1. The van der Waals surface area contributed by atoms with E-state index in [0.717, 1.165) is 35.4 Å². The third-order valence-corrected chi connectivity index (χ3v) is 6.66. The zero-order valence-corrected chi connectivity index (χ0v) is 20.4. The number of fused-ring (bicyclic) bond motifs is 1. The monoisotopic (exact) mass is 494 g/mol. The van der Waals surface area contributed by atoms with E-state index in [1.165, 1.54) is 12.1 Å². The van der Waals surface area contributed by atoms with Gasteiger partial charge in [0.1, 0.15) is 23.3 Å². The fourth-order valence-corrected chi connectivity index (χ4v) is 4.61. The molecule has 0 spiro atoms. The summed E-state index contributed by atoms with van der Waals surface area (Å²) < 4.78 is 33.1. The van der Waals surface area contributed by atoms with Gasteiger partial charge < -0.3 is 14.5 Å². The Kier molecular flexibility index (Phi) is 6.75. The van der Waals surface area contributed by atoms with Crippen molar-refractivity contribution < 1.29 is 18.3 Å². The molecule has 0 atom stereocenters. The summed E-state index contributed by atoms with van der Waals surface area (Å²) in [7, 11) is 0. The molecule has 2 aliphatic heterocycles. The van der Waals surface area contributed by atoms with Gasteiger partial charge in [-0.3, -0.25) is 9.78 Å². The van der Waals surface area contributed by atoms with Gasteiger partial charge in [0, 0.05) is 58.1 Å². The van der Waals surface area contributed by atoms with Crippen molar-refractivity contribution in [3.8, 4) is 17.1 Å². The second-order valence-corrected chi connectivity index (χ2v) is 9.11. The predicted molar refractivity (Wildman–Crippen MR) is 129 cm³/mol. The molecule has 0 bridgehead atoms. The molecule has 0 N–H and O–H groups in total. The second kappa shape index (κ2) is 10.1. The molecule has 3 aromatic rings. The number of nitrogens with zero attached hydrogens (tertiary/aromatic N) is 6. The molecule has 0 saturated carbocycles. The molecule has 8 nitrogen and oxygen atoms in total. The van der Waals surface area contributed by atoms with Gasteiger partial charge in [0.2, 0.25) is 5.91 Å². The molecule has 10 heteroatoms. The summed E-state index contributed by atoms with van der Waals surface area (Å²) in [6, 6.07) is 3.35. The topological polar surface area (TPSA) is 84.3 Å². The number of hydrogen-bond donors (Lipinski definition) is 0. The molecule has 188 valence electrons. The first-order valence-electron chi connectivity index (χ1n) is 12.2. The number of amides is 1. The van der Waals surface area contributed by atoms with E-state index < -0.39 is 11.6 Å². The Morgan fingerprint density at radius 3 is 2.61 bits per heavy atom. The first kappa shape index (κ1) is 24.0. The molecule has 2 aromatic heterocycles. The van der Waals surface area contributed by atoms with E-state index in [9.17, 15) is 13.6 Å². The molecule has 5 rings (SSSR count). The lowest BCUT2D eigenvalue weighted by Crippen LogP contribution is -2.40. The van der Waals surface area contributed by atoms with E-state index in [-0.39, 0.29) is 17.8 Å². The number of piperidine rings is 1. The molecular weight excluding hydrogens is 466 g/mol. The molecule has 36 heavy (non-hydrogen) atoms. The Morgan fingerprint density at radius 1 is 1.08 bits per heavy atom. The number of benzene rings is 1. The van der Waals surface area contributed by atoms with E-state index in [2.05, 4.69) is 9.88 Å². The van der Waals surface area contributed by atoms with Gasteiger partial charge >= 0.3 is 0 Å². The number of halogens is 2. The average molecular weight is 495 g/mol. The highest BCUT2D eigenvalue weighted by atomic mass is 19.1. The zero-order valence-electron chi connectivity index (χ0n) is 20.4. The molecule has 1 aromatic carbocycles. The van der Waals surface area contributed by atoms with Crippen molar-refractivity contribution in [2.75, 3.05) is 24.5 Å². The number of carbonyl (C=O) groups excluding carboxylic acids is 1. The van der Waals surface area contributed by atoms with Crippen molar-refractivity contribution in [1.29, 1.82) is 0 Å². The minimum atomic E-state index is -0.700. The number of aromatic nitrogens is 4. The Hall–Kier alpha value is -3.69. The molecule has 4 heterocycles. The minimum absolute atomic E-state index is 0.0144. The van der Waals surface area contributed by atoms with Crippen LogP contribution in [0.5, 0.6) is 5.75 Å². The minimum Gasteiger partial charge on any atom is -0.487 e. The van der Waals surface area contributed by atoms with Crippen LogP contribution in [-0.4, -0.2) is 56.5 Å². The molecule has 1 saturated heterocycles. The zero-order chi connectivity index (χ0) is 25.2. The molecule has 0 radical (unpaired) electrons. The maximum atomic E-state index is 14.1. The van der Waals surface area contributed by atoms with Gasteiger partial charge in [0.05, 0.1) is 29.8 Å². The van der Waals surface area contributed by atoms with Gasteiger partial charge in [-0.05, 0) is 18.6 Å². The number of anilines is 1. The van der Waals surface area contributed by atoms with Crippen LogP contribution in [0.3, 0.4) is 0 Å². The third kappa shape index (κ3) is 4.98. The summed E-state index contributed by atoms with van der Waals surface area (Å²) in [5, 5.41) is 0. The predicted octanol–water partition coefficient (Wildman–Crippen LogP) is 3.73. The van der Waals surface area contributed by atoms with Crippen molar-refractivity contribution in [3.05, 3.63) is 59.3 Å². The van der Waals surface area contributed by atoms with Crippen LogP contribution >= 0.6 is 0 Å². The van der Waals surface area contributed by atoms with E-state index in [1.54, 1.807) is 24.2 Å². The van der Waals surface area contributed by atoms with Crippen molar-refractivity contribution in [2.24, 2.45) is 0 Å². The Balaban J connectivity index is 1.41. The lowest BCUT2D eigenvalue weighted by molar-refractivity contribution is -0.129. The van der Waals surface area contributed by atoms with E-state index >= 15 is 0 Å². The van der Waals surface area contributed by atoms with Crippen molar-refractivity contribution in [1.82, 2.24) is 24.8 Å². The summed E-state index contributed by atoms with van der Waals surface area (Å²) in [5.74, 6) is -0.519. The fraction of sp³-hybridized carbons (Fsp3) is 0.423. The van der Waals surface area contributed by atoms with Crippen molar-refractivity contribution in [2.45, 2.75) is 52.2 Å². The van der Waals surface area contributed by atoms with Crippen LogP contribution in [0.2, 0.25) is 0 Å². The molecule has 0 unspecified atom stereocenters. The van der Waals surface area contributed by atoms with Crippen LogP contribution in [0.4, 0.5) is 14.6 Å². The summed E-state index contributed by atoms with van der Waals surface area (Å²) >= 11 is 0. The van der Waals surface area contributed by atoms with Gasteiger partial charge in [-0.2, -0.15) is 0 Å². The number of hydrogen-bond acceptors (Lipinski definition) is 7. The standard InChI is InChI=1S/C26H28F2N6O2/c1-3-18-13-29-14-22(30-18)25-26(32-21-8-11-34(16(2)35)15-23(21)31-25)33-9-6-19(7-10-33)36-24-5-4-17(27)12-20(24)28/h4-5,12-14,19H,3,6-11,15H2,1-2H3. The van der Waals surface area contributed by atoms with E-state index in [4.69, 9.17) is 19.7 Å². The Labute approximate surface area is 208 Å². The number of rotatable bonds is 5. The SMILES string of the molecule is CCc1cncc(-c2nc3c(nc2N2CCC(Oc4ccc(F)cc4F)CC2)CCN(C(C)=O)C3)n1. The van der Waals surface area contributed by atoms with Gasteiger partial charge in [-0.1, -0.05) is 6.92 Å². The smallest absolute Gasteiger partial charge is 0.219 e. The van der Waals surface area contributed by atoms with Crippen LogP contribution in [-0.2, 0) is 24.2 Å². The number of ether oxygens (including phenoxy) is 1. The summed E-state index contributed by atoms with van der Waals surface area (Å²) in [6.45, 7) is 5.88. The van der Waals surface area contributed by atoms with Crippen LogP contribution in [0.15, 0.2) is 30.6 Å². The van der Waals surface area contributed by atoms with E-state index in [1.807, 2.05) is 6.92 Å². The molecular formula is C26H28F2N6O2. The van der Waals surface area contributed by atoms with Crippen molar-refractivity contribution in [3.63, 3.8) is 0 Å². The van der Waals surface area contributed by atoms with Gasteiger partial charge in [-0.25, -0.2) is 23.7 Å². The third-order valence-electron chi connectivity index (χ3n) is 6.66. The van der Waals surface area contributed by atoms with Gasteiger partial charge in [-0.15, -0.1) is 0 Å². The lowest BCUT2D eigenvalue weighted by atomic mass is 10.1. The normalized spacial score (nSPS) is 16.1. The van der Waals surface area contributed by atoms with Crippen LogP contribution in [0.25, 0.3) is 11.4 Å². The molecule has 1 fully saturated rings. The second-order valence-electron chi connectivity index (χ2n) is 9.11. The summed E-state index contributed by atoms with van der Waals surface area (Å²) in [5.41, 5.74) is 3.82. The maximum absolute atomic E-state index is 14.1. The number of carbonyl (C=O) groups is 1. The largest absolute Gasteiger partial charge is 0.487 e. The van der Waals surface area contributed by atoms with Crippen LogP contribution in [0, 0.1) is 11.6 Å². The molecule has 0 aliphatic carbocycles. The average Bonchev–Trinajstić information content (AvgIpc) is 2.89. The highest BCUT2D eigenvalue weighted by Gasteiger charge is 2.29. The highest BCUT2D eigenvalue weighted by Crippen LogP contribution is 2.32. The van der Waals surface area contributed by atoms with Crippen molar-refractivity contribution >= 4 is 11.7 Å². The Bertz CT molecular complexity index is 1280. The quantitative estimate of drug-likeness (QED) is 0.534. The summed E-state index contributed by atoms with van der Waals surface area (Å²) in [6.07, 6.45) is 5.92. The molecule has 2 aliphatic rings. The van der Waals surface area contributed by atoms with Crippen LogP contribution in [0.1, 0.15) is 43.8 Å². The first-order valence-corrected chi connectivity index (χ1v) is 12.2. The molecule has 1 amide bonds.